The van der Waals surface area contributed by atoms with Crippen LogP contribution in [0.3, 0.4) is 0 Å². The second-order valence-electron chi connectivity index (χ2n) is 2.88. The van der Waals surface area contributed by atoms with E-state index < -0.39 is 0 Å². The first kappa shape index (κ1) is 11.1. The Hall–Kier alpha value is -0.980. The molecule has 0 aliphatic rings. The van der Waals surface area contributed by atoms with Crippen molar-refractivity contribution in [2.24, 2.45) is 0 Å². The minimum Gasteiger partial charge on any atom is -0.147 e. The van der Waals surface area contributed by atoms with Crippen LogP contribution in [0.5, 0.6) is 0 Å². The summed E-state index contributed by atoms with van der Waals surface area (Å²) in [5, 5.41) is 0.779. The van der Waals surface area contributed by atoms with E-state index in [0.717, 1.165) is 10.6 Å². The molecule has 0 bridgehead atoms. The molecule has 0 atom stereocenters. The third kappa shape index (κ3) is 2.50. The highest BCUT2D eigenvalue weighted by Gasteiger charge is 1.95. The zero-order valence-corrected chi connectivity index (χ0v) is 9.05. The summed E-state index contributed by atoms with van der Waals surface area (Å²) in [4.78, 5) is 0. The summed E-state index contributed by atoms with van der Waals surface area (Å²) >= 11 is 5.89. The molecule has 0 fully saturated rings. The molecular weight excluding hydrogens is 215 g/mol. The Labute approximate surface area is 94.9 Å². The number of hydrogen-bond donors (Lipinski definition) is 0. The van der Waals surface area contributed by atoms with E-state index in [-0.39, 0.29) is 12.4 Å². The van der Waals surface area contributed by atoms with Gasteiger partial charge in [0, 0.05) is 5.02 Å². The Morgan fingerprint density at radius 1 is 0.714 bits per heavy atom. The van der Waals surface area contributed by atoms with Gasteiger partial charge in [0.15, 0.2) is 0 Å². The summed E-state index contributed by atoms with van der Waals surface area (Å²) in [6, 6.07) is 18.1. The van der Waals surface area contributed by atoms with Crippen molar-refractivity contribution < 1.29 is 0 Å². The van der Waals surface area contributed by atoms with Crippen molar-refractivity contribution >= 4 is 24.0 Å². The quantitative estimate of drug-likeness (QED) is 0.673. The van der Waals surface area contributed by atoms with Crippen LogP contribution >= 0.6 is 24.0 Å². The fraction of sp³-hybridized carbons (Fsp3) is 0. The number of halogens is 2. The number of benzene rings is 2. The zero-order valence-electron chi connectivity index (χ0n) is 7.48. The van der Waals surface area contributed by atoms with Gasteiger partial charge in [-0.3, -0.25) is 0 Å². The second kappa shape index (κ2) is 5.04. The van der Waals surface area contributed by atoms with Crippen LogP contribution in [0.2, 0.25) is 5.02 Å². The predicted molar refractivity (Wildman–Crippen MR) is 64.1 cm³/mol. The molecule has 0 heterocycles. The molecule has 0 N–H and O–H groups in total. The summed E-state index contributed by atoms with van der Waals surface area (Å²) in [5.74, 6) is 0. The van der Waals surface area contributed by atoms with E-state index in [2.05, 4.69) is 18.2 Å². The van der Waals surface area contributed by atoms with E-state index in [4.69, 9.17) is 11.6 Å². The number of rotatable bonds is 1. The van der Waals surface area contributed by atoms with Gasteiger partial charge in [0.05, 0.1) is 0 Å². The Morgan fingerprint density at radius 2 is 1.36 bits per heavy atom. The van der Waals surface area contributed by atoms with Gasteiger partial charge >= 0.3 is 0 Å². The largest absolute Gasteiger partial charge is 0.147 e. The van der Waals surface area contributed by atoms with Gasteiger partial charge in [-0.2, -0.15) is 0 Å². The van der Waals surface area contributed by atoms with Gasteiger partial charge in [-0.15, -0.1) is 12.4 Å². The van der Waals surface area contributed by atoms with E-state index in [0.29, 0.717) is 0 Å². The van der Waals surface area contributed by atoms with Crippen molar-refractivity contribution in [3.8, 4) is 11.1 Å². The van der Waals surface area contributed by atoms with Crippen molar-refractivity contribution in [1.29, 1.82) is 0 Å². The second-order valence-corrected chi connectivity index (χ2v) is 3.31. The molecule has 2 rings (SSSR count). The van der Waals surface area contributed by atoms with Crippen LogP contribution in [0, 0.1) is 0 Å². The van der Waals surface area contributed by atoms with Crippen LogP contribution in [0.1, 0.15) is 0 Å². The summed E-state index contributed by atoms with van der Waals surface area (Å²) in [6.45, 7) is 0. The molecule has 2 aromatic rings. The Bertz CT molecular complexity index is 396. The highest BCUT2D eigenvalue weighted by Crippen LogP contribution is 2.21. The molecule has 72 valence electrons. The van der Waals surface area contributed by atoms with Gasteiger partial charge in [0.25, 0.3) is 0 Å². The molecule has 0 spiro atoms. The highest BCUT2D eigenvalue weighted by atomic mass is 35.5. The average molecular weight is 225 g/mol. The first-order valence-corrected chi connectivity index (χ1v) is 4.55. The maximum absolute atomic E-state index is 5.89. The smallest absolute Gasteiger partial charge is 0.0412 e. The minimum atomic E-state index is 0. The monoisotopic (exact) mass is 224 g/mol. The van der Waals surface area contributed by atoms with Crippen LogP contribution < -0.4 is 0 Å². The standard InChI is InChI=1S/C12H9Cl.ClH/c13-12-8-4-7-11(9-12)10-5-2-1-3-6-10;/h1-9H;1H. The molecular formula is C12H10Cl2. The maximum Gasteiger partial charge on any atom is 0.0412 e. The molecule has 0 amide bonds. The zero-order chi connectivity index (χ0) is 9.10. The Kier molecular flexibility index (Phi) is 3.99. The van der Waals surface area contributed by atoms with Crippen LogP contribution in [0.15, 0.2) is 54.6 Å². The molecule has 2 heteroatoms. The highest BCUT2D eigenvalue weighted by molar-refractivity contribution is 6.30. The van der Waals surface area contributed by atoms with Crippen LogP contribution in [0.25, 0.3) is 11.1 Å². The van der Waals surface area contributed by atoms with Gasteiger partial charge in [-0.05, 0) is 23.3 Å². The van der Waals surface area contributed by atoms with Gasteiger partial charge in [-0.25, -0.2) is 0 Å². The van der Waals surface area contributed by atoms with Crippen molar-refractivity contribution in [1.82, 2.24) is 0 Å². The van der Waals surface area contributed by atoms with Crippen molar-refractivity contribution in [2.45, 2.75) is 0 Å². The van der Waals surface area contributed by atoms with Gasteiger partial charge in [0.2, 0.25) is 0 Å². The Morgan fingerprint density at radius 3 is 2.00 bits per heavy atom. The normalized spacial score (nSPS) is 9.21. The predicted octanol–water partition coefficient (Wildman–Crippen LogP) is 4.43. The summed E-state index contributed by atoms with van der Waals surface area (Å²) in [5.41, 5.74) is 2.36. The molecule has 0 aliphatic carbocycles. The van der Waals surface area contributed by atoms with E-state index in [1.165, 1.54) is 5.56 Å². The van der Waals surface area contributed by atoms with Crippen molar-refractivity contribution in [3.05, 3.63) is 59.6 Å². The van der Waals surface area contributed by atoms with E-state index in [1.54, 1.807) is 0 Å². The van der Waals surface area contributed by atoms with E-state index in [9.17, 15) is 0 Å². The molecule has 0 saturated carbocycles. The van der Waals surface area contributed by atoms with Crippen LogP contribution in [-0.2, 0) is 0 Å². The molecule has 2 aromatic carbocycles. The molecule has 0 aliphatic heterocycles. The number of hydrogen-bond acceptors (Lipinski definition) is 0. The van der Waals surface area contributed by atoms with Crippen molar-refractivity contribution in [2.75, 3.05) is 0 Å². The third-order valence-electron chi connectivity index (χ3n) is 1.93. The lowest BCUT2D eigenvalue weighted by Crippen LogP contribution is -1.75. The SMILES string of the molecule is Cl.Clc1cccc(-c2ccccc2)c1. The van der Waals surface area contributed by atoms with E-state index in [1.807, 2.05) is 36.4 Å². The average Bonchev–Trinajstić information content (AvgIpc) is 2.19. The van der Waals surface area contributed by atoms with E-state index >= 15 is 0 Å². The van der Waals surface area contributed by atoms with Gasteiger partial charge in [-0.1, -0.05) is 54.1 Å². The third-order valence-corrected chi connectivity index (χ3v) is 2.17. The van der Waals surface area contributed by atoms with Gasteiger partial charge in [0.1, 0.15) is 0 Å². The summed E-state index contributed by atoms with van der Waals surface area (Å²) < 4.78 is 0. The molecule has 0 aromatic heterocycles. The lowest BCUT2D eigenvalue weighted by Gasteiger charge is -2.00. The fourth-order valence-electron chi connectivity index (χ4n) is 1.30. The fourth-order valence-corrected chi connectivity index (χ4v) is 1.49. The van der Waals surface area contributed by atoms with Crippen molar-refractivity contribution in [3.63, 3.8) is 0 Å². The first-order valence-electron chi connectivity index (χ1n) is 4.17. The van der Waals surface area contributed by atoms with Crippen LogP contribution in [0.4, 0.5) is 0 Å². The topological polar surface area (TPSA) is 0 Å². The molecule has 0 nitrogen and oxygen atoms in total. The molecule has 0 saturated heterocycles. The molecule has 0 radical (unpaired) electrons. The summed E-state index contributed by atoms with van der Waals surface area (Å²) in [6.07, 6.45) is 0. The first-order chi connectivity index (χ1) is 6.36. The minimum absolute atomic E-state index is 0. The lowest BCUT2D eigenvalue weighted by atomic mass is 10.1. The Balaban J connectivity index is 0.000000980. The summed E-state index contributed by atoms with van der Waals surface area (Å²) in [7, 11) is 0. The molecule has 0 unspecified atom stereocenters. The lowest BCUT2D eigenvalue weighted by molar-refractivity contribution is 1.62. The molecule has 14 heavy (non-hydrogen) atoms. The van der Waals surface area contributed by atoms with Gasteiger partial charge < -0.3 is 0 Å². The maximum atomic E-state index is 5.89. The van der Waals surface area contributed by atoms with Crippen LogP contribution in [-0.4, -0.2) is 0 Å².